The van der Waals surface area contributed by atoms with Crippen LogP contribution >= 0.6 is 11.8 Å². The van der Waals surface area contributed by atoms with E-state index in [4.69, 9.17) is 9.47 Å². The zero-order valence-electron chi connectivity index (χ0n) is 15.1. The molecule has 0 radical (unpaired) electrons. The average Bonchev–Trinajstić information content (AvgIpc) is 2.63. The highest BCUT2D eigenvalue weighted by Gasteiger charge is 2.15. The van der Waals surface area contributed by atoms with Crippen LogP contribution in [0.5, 0.6) is 11.5 Å². The van der Waals surface area contributed by atoms with Crippen LogP contribution in [0.4, 0.5) is 8.78 Å². The maximum atomic E-state index is 13.6. The molecule has 4 nitrogen and oxygen atoms in total. The number of aryl methyl sites for hydroxylation is 1. The predicted molar refractivity (Wildman–Crippen MR) is 97.8 cm³/mol. The van der Waals surface area contributed by atoms with Gasteiger partial charge in [0.25, 0.3) is 0 Å². The Balaban J connectivity index is 2.04. The molecule has 0 atom stereocenters. The molecule has 2 aromatic carbocycles. The molecule has 2 rings (SSSR count). The van der Waals surface area contributed by atoms with Crippen molar-refractivity contribution in [3.63, 3.8) is 0 Å². The molecule has 0 unspecified atom stereocenters. The van der Waals surface area contributed by atoms with Crippen molar-refractivity contribution < 1.29 is 23.0 Å². The highest BCUT2D eigenvalue weighted by atomic mass is 32.2. The molecule has 2 aromatic rings. The fourth-order valence-electron chi connectivity index (χ4n) is 2.37. The van der Waals surface area contributed by atoms with Crippen molar-refractivity contribution in [3.8, 4) is 11.5 Å². The molecule has 0 bridgehead atoms. The number of methoxy groups -OCH3 is 2. The Bertz CT molecular complexity index is 799. The predicted octanol–water partition coefficient (Wildman–Crippen LogP) is 4.04. The fourth-order valence-corrected chi connectivity index (χ4v) is 3.28. The molecular formula is C19H21F2NO3S. The van der Waals surface area contributed by atoms with Crippen LogP contribution in [0.25, 0.3) is 0 Å². The summed E-state index contributed by atoms with van der Waals surface area (Å²) in [7, 11) is 4.78. The van der Waals surface area contributed by atoms with Gasteiger partial charge in [-0.25, -0.2) is 8.78 Å². The summed E-state index contributed by atoms with van der Waals surface area (Å²) in [5.74, 6) is -0.0282. The molecule has 140 valence electrons. The van der Waals surface area contributed by atoms with Crippen LogP contribution in [-0.4, -0.2) is 37.8 Å². The Morgan fingerprint density at radius 3 is 2.42 bits per heavy atom. The molecule has 0 heterocycles. The summed E-state index contributed by atoms with van der Waals surface area (Å²) in [4.78, 5) is 14.0. The van der Waals surface area contributed by atoms with Gasteiger partial charge in [0.15, 0.2) is 11.5 Å². The van der Waals surface area contributed by atoms with E-state index in [1.807, 2.05) is 19.1 Å². The minimum atomic E-state index is -0.539. The second kappa shape index (κ2) is 8.89. The standard InChI is InChI=1S/C19H21F2NO3S/c1-12-7-16(24-3)17(25-4)8-13(12)10-22(2)19(23)11-26-18-9-14(20)5-6-15(18)21/h5-9H,10-11H2,1-4H3. The van der Waals surface area contributed by atoms with Crippen LogP contribution in [-0.2, 0) is 11.3 Å². The number of nitrogens with zero attached hydrogens (tertiary/aromatic N) is 1. The number of carbonyl (C=O) groups is 1. The van der Waals surface area contributed by atoms with Crippen molar-refractivity contribution in [2.45, 2.75) is 18.4 Å². The second-order valence-corrected chi connectivity index (χ2v) is 6.76. The van der Waals surface area contributed by atoms with Gasteiger partial charge in [-0.15, -0.1) is 11.8 Å². The number of hydrogen-bond acceptors (Lipinski definition) is 4. The van der Waals surface area contributed by atoms with E-state index < -0.39 is 11.6 Å². The minimum absolute atomic E-state index is 0.0171. The van der Waals surface area contributed by atoms with Crippen molar-refractivity contribution in [2.75, 3.05) is 27.0 Å². The number of hydrogen-bond donors (Lipinski definition) is 0. The van der Waals surface area contributed by atoms with Gasteiger partial charge in [-0.2, -0.15) is 0 Å². The molecule has 1 amide bonds. The third-order valence-electron chi connectivity index (χ3n) is 3.92. The average molecular weight is 381 g/mol. The van der Waals surface area contributed by atoms with Crippen LogP contribution in [0.15, 0.2) is 35.2 Å². The van der Waals surface area contributed by atoms with E-state index in [9.17, 15) is 13.6 Å². The molecule has 0 saturated carbocycles. The molecule has 0 aliphatic carbocycles. The van der Waals surface area contributed by atoms with Crippen LogP contribution < -0.4 is 9.47 Å². The molecule has 0 aromatic heterocycles. The Kier molecular flexibility index (Phi) is 6.85. The van der Waals surface area contributed by atoms with E-state index in [1.165, 1.54) is 0 Å². The van der Waals surface area contributed by atoms with Crippen LogP contribution in [0, 0.1) is 18.6 Å². The first-order chi connectivity index (χ1) is 12.3. The van der Waals surface area contributed by atoms with Crippen molar-refractivity contribution in [1.29, 1.82) is 0 Å². The lowest BCUT2D eigenvalue weighted by Gasteiger charge is -2.20. The summed E-state index contributed by atoms with van der Waals surface area (Å²) in [6.45, 7) is 2.30. The molecule has 0 saturated heterocycles. The van der Waals surface area contributed by atoms with Crippen LogP contribution in [0.1, 0.15) is 11.1 Å². The van der Waals surface area contributed by atoms with E-state index in [-0.39, 0.29) is 16.6 Å². The lowest BCUT2D eigenvalue weighted by atomic mass is 10.1. The fraction of sp³-hybridized carbons (Fsp3) is 0.316. The number of carbonyl (C=O) groups excluding carboxylic acids is 1. The van der Waals surface area contributed by atoms with Crippen molar-refractivity contribution in [1.82, 2.24) is 4.90 Å². The summed E-state index contributed by atoms with van der Waals surface area (Å²) >= 11 is 0.975. The Labute approximate surface area is 156 Å². The second-order valence-electron chi connectivity index (χ2n) is 5.75. The van der Waals surface area contributed by atoms with E-state index in [0.29, 0.717) is 18.0 Å². The van der Waals surface area contributed by atoms with Gasteiger partial charge in [-0.05, 0) is 48.4 Å². The maximum absolute atomic E-state index is 13.6. The van der Waals surface area contributed by atoms with Gasteiger partial charge in [0.1, 0.15) is 11.6 Å². The lowest BCUT2D eigenvalue weighted by molar-refractivity contribution is -0.127. The zero-order valence-corrected chi connectivity index (χ0v) is 16.0. The first-order valence-electron chi connectivity index (χ1n) is 7.89. The van der Waals surface area contributed by atoms with E-state index in [1.54, 1.807) is 26.2 Å². The van der Waals surface area contributed by atoms with Gasteiger partial charge in [-0.1, -0.05) is 0 Å². The smallest absolute Gasteiger partial charge is 0.232 e. The maximum Gasteiger partial charge on any atom is 0.232 e. The number of ether oxygens (including phenoxy) is 2. The van der Waals surface area contributed by atoms with E-state index in [2.05, 4.69) is 0 Å². The topological polar surface area (TPSA) is 38.8 Å². The van der Waals surface area contributed by atoms with Crippen molar-refractivity contribution >= 4 is 17.7 Å². The quantitative estimate of drug-likeness (QED) is 0.679. The third-order valence-corrected chi connectivity index (χ3v) is 4.93. The highest BCUT2D eigenvalue weighted by molar-refractivity contribution is 8.00. The number of thioether (sulfide) groups is 1. The number of benzene rings is 2. The molecule has 0 fully saturated rings. The summed E-state index contributed by atoms with van der Waals surface area (Å²) in [5.41, 5.74) is 1.88. The summed E-state index contributed by atoms with van der Waals surface area (Å²) in [5, 5.41) is 0. The van der Waals surface area contributed by atoms with E-state index in [0.717, 1.165) is 41.1 Å². The normalized spacial score (nSPS) is 10.5. The van der Waals surface area contributed by atoms with Crippen LogP contribution in [0.3, 0.4) is 0 Å². The molecular weight excluding hydrogens is 360 g/mol. The monoisotopic (exact) mass is 381 g/mol. The molecule has 0 aliphatic heterocycles. The van der Waals surface area contributed by atoms with Gasteiger partial charge in [0.2, 0.25) is 5.91 Å². The van der Waals surface area contributed by atoms with Gasteiger partial charge in [0, 0.05) is 18.5 Å². The SMILES string of the molecule is COc1cc(C)c(CN(C)C(=O)CSc2cc(F)ccc2F)cc1OC. The molecule has 26 heavy (non-hydrogen) atoms. The third kappa shape index (κ3) is 4.88. The minimum Gasteiger partial charge on any atom is -0.493 e. The first-order valence-corrected chi connectivity index (χ1v) is 8.87. The van der Waals surface area contributed by atoms with Crippen LogP contribution in [0.2, 0.25) is 0 Å². The largest absolute Gasteiger partial charge is 0.493 e. The molecule has 0 spiro atoms. The van der Waals surface area contributed by atoms with Gasteiger partial charge in [-0.3, -0.25) is 4.79 Å². The molecule has 7 heteroatoms. The highest BCUT2D eigenvalue weighted by Crippen LogP contribution is 2.31. The van der Waals surface area contributed by atoms with Crippen molar-refractivity contribution in [3.05, 3.63) is 53.1 Å². The van der Waals surface area contributed by atoms with Gasteiger partial charge >= 0.3 is 0 Å². The lowest BCUT2D eigenvalue weighted by Crippen LogP contribution is -2.28. The van der Waals surface area contributed by atoms with Crippen molar-refractivity contribution in [2.24, 2.45) is 0 Å². The summed E-state index contributed by atoms with van der Waals surface area (Å²) < 4.78 is 37.4. The molecule has 0 aliphatic rings. The Hall–Kier alpha value is -2.28. The van der Waals surface area contributed by atoms with E-state index >= 15 is 0 Å². The summed E-state index contributed by atoms with van der Waals surface area (Å²) in [6, 6.07) is 6.87. The Morgan fingerprint density at radius 1 is 1.12 bits per heavy atom. The summed E-state index contributed by atoms with van der Waals surface area (Å²) in [6.07, 6.45) is 0. The molecule has 0 N–H and O–H groups in total. The number of rotatable bonds is 7. The zero-order chi connectivity index (χ0) is 19.3. The van der Waals surface area contributed by atoms with Gasteiger partial charge < -0.3 is 14.4 Å². The van der Waals surface area contributed by atoms with Gasteiger partial charge in [0.05, 0.1) is 20.0 Å². The number of amides is 1. The number of halogens is 2. The first kappa shape index (κ1) is 20.0. The Morgan fingerprint density at radius 2 is 1.77 bits per heavy atom.